The van der Waals surface area contributed by atoms with Gasteiger partial charge in [0.2, 0.25) is 0 Å². The minimum Gasteiger partial charge on any atom is -0.497 e. The van der Waals surface area contributed by atoms with Gasteiger partial charge in [-0.25, -0.2) is 4.68 Å². The minimum atomic E-state index is -0.366. The predicted octanol–water partition coefficient (Wildman–Crippen LogP) is 3.49. The van der Waals surface area contributed by atoms with E-state index < -0.39 is 0 Å². The molecule has 0 fully saturated rings. The zero-order valence-electron chi connectivity index (χ0n) is 13.2. The summed E-state index contributed by atoms with van der Waals surface area (Å²) in [6.45, 7) is 1.78. The number of aromatic nitrogens is 3. The van der Waals surface area contributed by atoms with Crippen molar-refractivity contribution in [2.24, 2.45) is 0 Å². The van der Waals surface area contributed by atoms with E-state index in [0.29, 0.717) is 22.2 Å². The molecule has 0 spiro atoms. The average molecular weight is 343 g/mol. The molecule has 1 N–H and O–H groups in total. The quantitative estimate of drug-likeness (QED) is 0.788. The summed E-state index contributed by atoms with van der Waals surface area (Å²) in [6, 6.07) is 14.4. The Morgan fingerprint density at radius 3 is 2.75 bits per heavy atom. The van der Waals surface area contributed by atoms with Crippen molar-refractivity contribution < 1.29 is 9.53 Å². The van der Waals surface area contributed by atoms with Crippen LogP contribution in [-0.4, -0.2) is 28.0 Å². The van der Waals surface area contributed by atoms with Gasteiger partial charge in [-0.1, -0.05) is 35.0 Å². The van der Waals surface area contributed by atoms with Gasteiger partial charge < -0.3 is 10.1 Å². The van der Waals surface area contributed by atoms with Crippen LogP contribution in [0.2, 0.25) is 5.02 Å². The first kappa shape index (κ1) is 16.0. The summed E-state index contributed by atoms with van der Waals surface area (Å²) in [5, 5.41) is 11.3. The summed E-state index contributed by atoms with van der Waals surface area (Å²) >= 11 is 6.06. The highest BCUT2D eigenvalue weighted by Gasteiger charge is 2.18. The molecule has 0 aliphatic rings. The number of amides is 1. The van der Waals surface area contributed by atoms with Crippen molar-refractivity contribution in [3.8, 4) is 11.4 Å². The van der Waals surface area contributed by atoms with Crippen LogP contribution in [0.25, 0.3) is 5.69 Å². The molecule has 0 saturated heterocycles. The van der Waals surface area contributed by atoms with Crippen molar-refractivity contribution in [2.45, 2.75) is 6.92 Å². The highest BCUT2D eigenvalue weighted by molar-refractivity contribution is 6.33. The largest absolute Gasteiger partial charge is 0.497 e. The second-order valence-corrected chi connectivity index (χ2v) is 5.48. The zero-order valence-corrected chi connectivity index (χ0v) is 13.9. The smallest absolute Gasteiger partial charge is 0.278 e. The summed E-state index contributed by atoms with van der Waals surface area (Å²) in [6.07, 6.45) is 0. The van der Waals surface area contributed by atoms with Gasteiger partial charge >= 0.3 is 0 Å². The third-order valence-corrected chi connectivity index (χ3v) is 3.86. The van der Waals surface area contributed by atoms with E-state index in [0.717, 1.165) is 5.69 Å². The van der Waals surface area contributed by atoms with Crippen LogP contribution in [0.3, 0.4) is 0 Å². The van der Waals surface area contributed by atoms with Crippen LogP contribution >= 0.6 is 11.6 Å². The highest BCUT2D eigenvalue weighted by Crippen LogP contribution is 2.22. The Morgan fingerprint density at radius 2 is 2.00 bits per heavy atom. The fourth-order valence-electron chi connectivity index (χ4n) is 2.27. The number of anilines is 1. The summed E-state index contributed by atoms with van der Waals surface area (Å²) in [7, 11) is 1.59. The zero-order chi connectivity index (χ0) is 17.1. The number of carbonyl (C=O) groups is 1. The molecular formula is C17H15ClN4O2. The van der Waals surface area contributed by atoms with Gasteiger partial charge in [-0.3, -0.25) is 4.79 Å². The lowest BCUT2D eigenvalue weighted by Crippen LogP contribution is -2.14. The molecule has 0 radical (unpaired) electrons. The lowest BCUT2D eigenvalue weighted by molar-refractivity contribution is 0.102. The van der Waals surface area contributed by atoms with Gasteiger partial charge in [0.1, 0.15) is 5.75 Å². The van der Waals surface area contributed by atoms with Crippen molar-refractivity contribution >= 4 is 23.2 Å². The number of methoxy groups -OCH3 is 1. The Labute approximate surface area is 144 Å². The summed E-state index contributed by atoms with van der Waals surface area (Å²) in [4.78, 5) is 12.4. The Kier molecular flexibility index (Phi) is 4.48. The highest BCUT2D eigenvalue weighted by atomic mass is 35.5. The first-order chi connectivity index (χ1) is 11.6. The predicted molar refractivity (Wildman–Crippen MR) is 92.1 cm³/mol. The van der Waals surface area contributed by atoms with Crippen LogP contribution < -0.4 is 10.1 Å². The van der Waals surface area contributed by atoms with Gasteiger partial charge in [0.25, 0.3) is 5.91 Å². The van der Waals surface area contributed by atoms with Crippen LogP contribution in [-0.2, 0) is 0 Å². The number of hydrogen-bond donors (Lipinski definition) is 1. The molecule has 0 bridgehead atoms. The average Bonchev–Trinajstić information content (AvgIpc) is 2.98. The van der Waals surface area contributed by atoms with Crippen LogP contribution in [0, 0.1) is 6.92 Å². The van der Waals surface area contributed by atoms with Gasteiger partial charge in [0.15, 0.2) is 5.69 Å². The maximum absolute atomic E-state index is 12.4. The maximum Gasteiger partial charge on any atom is 0.278 e. The second kappa shape index (κ2) is 6.72. The van der Waals surface area contributed by atoms with E-state index >= 15 is 0 Å². The molecule has 2 aromatic carbocycles. The van der Waals surface area contributed by atoms with Crippen LogP contribution in [0.5, 0.6) is 5.75 Å². The number of rotatable bonds is 4. The number of benzene rings is 2. The Bertz CT molecular complexity index is 892. The van der Waals surface area contributed by atoms with Crippen molar-refractivity contribution in [1.29, 1.82) is 0 Å². The SMILES string of the molecule is COc1cccc(-n2nnc(C(=O)Nc3ccccc3Cl)c2C)c1. The van der Waals surface area contributed by atoms with Crippen LogP contribution in [0.1, 0.15) is 16.2 Å². The molecule has 3 aromatic rings. The van der Waals surface area contributed by atoms with Gasteiger partial charge in [-0.15, -0.1) is 5.10 Å². The second-order valence-electron chi connectivity index (χ2n) is 5.07. The Morgan fingerprint density at radius 1 is 1.21 bits per heavy atom. The fourth-order valence-corrected chi connectivity index (χ4v) is 2.45. The maximum atomic E-state index is 12.4. The molecule has 24 heavy (non-hydrogen) atoms. The lowest BCUT2D eigenvalue weighted by atomic mass is 10.2. The van der Waals surface area contributed by atoms with Crippen molar-refractivity contribution in [3.63, 3.8) is 0 Å². The van der Waals surface area contributed by atoms with Crippen LogP contribution in [0.4, 0.5) is 5.69 Å². The standard InChI is InChI=1S/C17H15ClN4O2/c1-11-16(17(23)19-15-9-4-3-8-14(15)18)20-21-22(11)12-6-5-7-13(10-12)24-2/h3-10H,1-2H3,(H,19,23). The van der Waals surface area contributed by atoms with E-state index in [-0.39, 0.29) is 11.6 Å². The number of hydrogen-bond acceptors (Lipinski definition) is 4. The molecule has 0 atom stereocenters. The Balaban J connectivity index is 1.89. The normalized spacial score (nSPS) is 10.5. The molecule has 0 aliphatic carbocycles. The van der Waals surface area contributed by atoms with Crippen molar-refractivity contribution in [2.75, 3.05) is 12.4 Å². The fraction of sp³-hybridized carbons (Fsp3) is 0.118. The number of para-hydroxylation sites is 1. The summed E-state index contributed by atoms with van der Waals surface area (Å²) in [5.74, 6) is 0.333. The van der Waals surface area contributed by atoms with Gasteiger partial charge in [-0.05, 0) is 31.2 Å². The van der Waals surface area contributed by atoms with E-state index in [9.17, 15) is 4.79 Å². The minimum absolute atomic E-state index is 0.234. The number of carbonyl (C=O) groups excluding carboxylic acids is 1. The molecular weight excluding hydrogens is 328 g/mol. The van der Waals surface area contributed by atoms with Crippen LogP contribution in [0.15, 0.2) is 48.5 Å². The van der Waals surface area contributed by atoms with Gasteiger partial charge in [-0.2, -0.15) is 0 Å². The Hall–Kier alpha value is -2.86. The molecule has 0 aliphatic heterocycles. The monoisotopic (exact) mass is 342 g/mol. The molecule has 122 valence electrons. The molecule has 1 amide bonds. The number of halogens is 1. The molecule has 1 heterocycles. The molecule has 7 heteroatoms. The van der Waals surface area contributed by atoms with E-state index in [1.165, 1.54) is 0 Å². The molecule has 6 nitrogen and oxygen atoms in total. The van der Waals surface area contributed by atoms with E-state index in [1.54, 1.807) is 43.0 Å². The van der Waals surface area contributed by atoms with Crippen molar-refractivity contribution in [1.82, 2.24) is 15.0 Å². The number of nitrogens with one attached hydrogen (secondary N) is 1. The first-order valence-corrected chi connectivity index (χ1v) is 7.60. The summed E-state index contributed by atoms with van der Waals surface area (Å²) < 4.78 is 6.79. The van der Waals surface area contributed by atoms with Gasteiger partial charge in [0.05, 0.1) is 29.2 Å². The molecule has 0 saturated carbocycles. The number of ether oxygens (including phenoxy) is 1. The summed E-state index contributed by atoms with van der Waals surface area (Å²) in [5.41, 5.74) is 2.14. The van der Waals surface area contributed by atoms with Gasteiger partial charge in [0, 0.05) is 6.07 Å². The molecule has 0 unspecified atom stereocenters. The van der Waals surface area contributed by atoms with E-state index in [4.69, 9.17) is 16.3 Å². The van der Waals surface area contributed by atoms with E-state index in [1.807, 2.05) is 24.3 Å². The third kappa shape index (κ3) is 3.09. The first-order valence-electron chi connectivity index (χ1n) is 7.23. The number of nitrogens with zero attached hydrogens (tertiary/aromatic N) is 3. The third-order valence-electron chi connectivity index (χ3n) is 3.53. The van der Waals surface area contributed by atoms with E-state index in [2.05, 4.69) is 15.6 Å². The molecule has 3 rings (SSSR count). The topological polar surface area (TPSA) is 69.0 Å². The van der Waals surface area contributed by atoms with Crippen molar-refractivity contribution in [3.05, 3.63) is 64.9 Å². The molecule has 1 aromatic heterocycles. The lowest BCUT2D eigenvalue weighted by Gasteiger charge is -2.07.